The van der Waals surface area contributed by atoms with E-state index in [0.717, 1.165) is 30.9 Å². The van der Waals surface area contributed by atoms with Crippen molar-refractivity contribution in [2.24, 2.45) is 11.7 Å². The summed E-state index contributed by atoms with van der Waals surface area (Å²) in [6.45, 7) is 4.49. The van der Waals surface area contributed by atoms with Crippen LogP contribution < -0.4 is 11.1 Å². The molecule has 6 heteroatoms. The van der Waals surface area contributed by atoms with Gasteiger partial charge in [-0.1, -0.05) is 19.1 Å². The standard InChI is InChI=1S/C14H25N5O/c1-3-12(15)13-8-19(18-17-13)9-14(20)16-11-6-4-10(2)5-7-11/h8,10-12H,3-7,9,15H2,1-2H3,(H,16,20). The Morgan fingerprint density at radius 3 is 2.85 bits per heavy atom. The van der Waals surface area contributed by atoms with E-state index in [1.54, 1.807) is 10.9 Å². The van der Waals surface area contributed by atoms with Crippen LogP contribution in [0.2, 0.25) is 0 Å². The largest absolute Gasteiger partial charge is 0.352 e. The second kappa shape index (κ2) is 6.83. The highest BCUT2D eigenvalue weighted by Crippen LogP contribution is 2.23. The summed E-state index contributed by atoms with van der Waals surface area (Å²) in [7, 11) is 0. The van der Waals surface area contributed by atoms with Crippen molar-refractivity contribution in [3.05, 3.63) is 11.9 Å². The molecule has 1 aliphatic carbocycles. The van der Waals surface area contributed by atoms with E-state index in [9.17, 15) is 4.79 Å². The number of aromatic nitrogens is 3. The van der Waals surface area contributed by atoms with Crippen LogP contribution in [0.5, 0.6) is 0 Å². The molecule has 3 N–H and O–H groups in total. The average molecular weight is 279 g/mol. The second-order valence-corrected chi connectivity index (χ2v) is 5.88. The lowest BCUT2D eigenvalue weighted by Crippen LogP contribution is -2.39. The van der Waals surface area contributed by atoms with Crippen molar-refractivity contribution in [1.29, 1.82) is 0 Å². The maximum atomic E-state index is 12.0. The Balaban J connectivity index is 1.81. The fourth-order valence-corrected chi connectivity index (χ4v) is 2.59. The van der Waals surface area contributed by atoms with Crippen LogP contribution in [0.15, 0.2) is 6.20 Å². The highest BCUT2D eigenvalue weighted by molar-refractivity contribution is 5.75. The third-order valence-electron chi connectivity index (χ3n) is 4.06. The molecule has 0 aromatic carbocycles. The minimum atomic E-state index is -0.105. The number of nitrogens with zero attached hydrogens (tertiary/aromatic N) is 3. The summed E-state index contributed by atoms with van der Waals surface area (Å²) >= 11 is 0. The van der Waals surface area contributed by atoms with E-state index in [2.05, 4.69) is 22.6 Å². The minimum Gasteiger partial charge on any atom is -0.352 e. The van der Waals surface area contributed by atoms with Crippen molar-refractivity contribution in [3.8, 4) is 0 Å². The molecule has 112 valence electrons. The van der Waals surface area contributed by atoms with Gasteiger partial charge < -0.3 is 11.1 Å². The topological polar surface area (TPSA) is 85.8 Å². The summed E-state index contributed by atoms with van der Waals surface area (Å²) in [5.74, 6) is 0.794. The van der Waals surface area contributed by atoms with Gasteiger partial charge in [0, 0.05) is 6.04 Å². The Hall–Kier alpha value is -1.43. The van der Waals surface area contributed by atoms with Gasteiger partial charge in [0.05, 0.1) is 17.9 Å². The first-order valence-electron chi connectivity index (χ1n) is 7.53. The molecule has 1 unspecified atom stereocenters. The first-order chi connectivity index (χ1) is 9.58. The quantitative estimate of drug-likeness (QED) is 0.852. The average Bonchev–Trinajstić information content (AvgIpc) is 2.89. The molecule has 1 aromatic rings. The van der Waals surface area contributed by atoms with Crippen molar-refractivity contribution in [1.82, 2.24) is 20.3 Å². The lowest BCUT2D eigenvalue weighted by atomic mass is 9.87. The smallest absolute Gasteiger partial charge is 0.242 e. The van der Waals surface area contributed by atoms with Gasteiger partial charge in [-0.3, -0.25) is 4.79 Å². The fraction of sp³-hybridized carbons (Fsp3) is 0.786. The number of nitrogens with two attached hydrogens (primary N) is 1. The Kier molecular flexibility index (Phi) is 5.11. The van der Waals surface area contributed by atoms with Crippen molar-refractivity contribution in [3.63, 3.8) is 0 Å². The van der Waals surface area contributed by atoms with Crippen LogP contribution in [0.3, 0.4) is 0 Å². The number of rotatable bonds is 5. The van der Waals surface area contributed by atoms with Crippen molar-refractivity contribution >= 4 is 5.91 Å². The number of carbonyl (C=O) groups is 1. The molecule has 0 spiro atoms. The van der Waals surface area contributed by atoms with E-state index >= 15 is 0 Å². The summed E-state index contributed by atoms with van der Waals surface area (Å²) < 4.78 is 1.56. The van der Waals surface area contributed by atoms with Crippen LogP contribution in [0.4, 0.5) is 0 Å². The molecule has 1 fully saturated rings. The molecule has 6 nitrogen and oxygen atoms in total. The highest BCUT2D eigenvalue weighted by Gasteiger charge is 2.20. The number of hydrogen-bond donors (Lipinski definition) is 2. The zero-order valence-corrected chi connectivity index (χ0v) is 12.4. The van der Waals surface area contributed by atoms with E-state index in [0.29, 0.717) is 6.04 Å². The Labute approximate surface area is 120 Å². The molecule has 0 saturated heterocycles. The van der Waals surface area contributed by atoms with Gasteiger partial charge in [0.2, 0.25) is 5.91 Å². The van der Waals surface area contributed by atoms with Crippen LogP contribution in [-0.4, -0.2) is 26.9 Å². The van der Waals surface area contributed by atoms with Gasteiger partial charge in [0.15, 0.2) is 0 Å². The first kappa shape index (κ1) is 15.0. The van der Waals surface area contributed by atoms with Crippen molar-refractivity contribution in [2.45, 2.75) is 64.6 Å². The minimum absolute atomic E-state index is 0.00562. The van der Waals surface area contributed by atoms with Crippen LogP contribution in [0.1, 0.15) is 57.7 Å². The maximum Gasteiger partial charge on any atom is 0.242 e. The lowest BCUT2D eigenvalue weighted by molar-refractivity contribution is -0.122. The predicted molar refractivity (Wildman–Crippen MR) is 76.8 cm³/mol. The van der Waals surface area contributed by atoms with Gasteiger partial charge in [0.1, 0.15) is 6.54 Å². The van der Waals surface area contributed by atoms with Gasteiger partial charge in [-0.25, -0.2) is 4.68 Å². The summed E-state index contributed by atoms with van der Waals surface area (Å²) in [6, 6.07) is 0.214. The first-order valence-corrected chi connectivity index (χ1v) is 7.53. The Bertz CT molecular complexity index is 437. The van der Waals surface area contributed by atoms with E-state index in [1.165, 1.54) is 12.8 Å². The molecule has 2 rings (SSSR count). The predicted octanol–water partition coefficient (Wildman–Crippen LogP) is 1.38. The molecule has 1 heterocycles. The molecule has 0 aliphatic heterocycles. The van der Waals surface area contributed by atoms with Gasteiger partial charge >= 0.3 is 0 Å². The zero-order valence-electron chi connectivity index (χ0n) is 12.4. The fourth-order valence-electron chi connectivity index (χ4n) is 2.59. The molecule has 1 aromatic heterocycles. The molecule has 1 amide bonds. The van der Waals surface area contributed by atoms with Crippen LogP contribution in [-0.2, 0) is 11.3 Å². The maximum absolute atomic E-state index is 12.0. The number of nitrogens with one attached hydrogen (secondary N) is 1. The summed E-state index contributed by atoms with van der Waals surface area (Å²) in [4.78, 5) is 12.0. The summed E-state index contributed by atoms with van der Waals surface area (Å²) in [6.07, 6.45) is 7.13. The summed E-state index contributed by atoms with van der Waals surface area (Å²) in [5.41, 5.74) is 6.63. The van der Waals surface area contributed by atoms with Gasteiger partial charge in [-0.15, -0.1) is 5.10 Å². The normalized spacial score (nSPS) is 24.4. The second-order valence-electron chi connectivity index (χ2n) is 5.88. The van der Waals surface area contributed by atoms with Gasteiger partial charge in [-0.05, 0) is 38.0 Å². The molecule has 1 aliphatic rings. The van der Waals surface area contributed by atoms with E-state index in [1.807, 2.05) is 6.92 Å². The molecule has 0 radical (unpaired) electrons. The van der Waals surface area contributed by atoms with Crippen molar-refractivity contribution in [2.75, 3.05) is 0 Å². The van der Waals surface area contributed by atoms with Gasteiger partial charge in [-0.2, -0.15) is 0 Å². The molecular formula is C14H25N5O. The number of amides is 1. The van der Waals surface area contributed by atoms with Crippen LogP contribution in [0, 0.1) is 5.92 Å². The number of hydrogen-bond acceptors (Lipinski definition) is 4. The van der Waals surface area contributed by atoms with Crippen LogP contribution >= 0.6 is 0 Å². The monoisotopic (exact) mass is 279 g/mol. The SMILES string of the molecule is CCC(N)c1cn(CC(=O)NC2CCC(C)CC2)nn1. The zero-order chi connectivity index (χ0) is 14.5. The molecule has 20 heavy (non-hydrogen) atoms. The third kappa shape index (κ3) is 4.03. The number of carbonyl (C=O) groups excluding carboxylic acids is 1. The Morgan fingerprint density at radius 2 is 2.20 bits per heavy atom. The Morgan fingerprint density at radius 1 is 1.50 bits per heavy atom. The lowest BCUT2D eigenvalue weighted by Gasteiger charge is -2.26. The molecule has 0 bridgehead atoms. The van der Waals surface area contributed by atoms with Crippen molar-refractivity contribution < 1.29 is 4.79 Å². The highest BCUT2D eigenvalue weighted by atomic mass is 16.2. The van der Waals surface area contributed by atoms with E-state index < -0.39 is 0 Å². The molecular weight excluding hydrogens is 254 g/mol. The van der Waals surface area contributed by atoms with E-state index in [4.69, 9.17) is 5.73 Å². The third-order valence-corrected chi connectivity index (χ3v) is 4.06. The van der Waals surface area contributed by atoms with Crippen LogP contribution in [0.25, 0.3) is 0 Å². The summed E-state index contributed by atoms with van der Waals surface area (Å²) in [5, 5.41) is 11.0. The van der Waals surface area contributed by atoms with E-state index in [-0.39, 0.29) is 18.5 Å². The molecule has 1 saturated carbocycles. The molecule has 1 atom stereocenters. The van der Waals surface area contributed by atoms with Gasteiger partial charge in [0.25, 0.3) is 0 Å².